The molecule has 4 N–H and O–H groups in total. The first-order chi connectivity index (χ1) is 26.4. The number of carboxylic acid groups (broad SMARTS) is 2. The van der Waals surface area contributed by atoms with Gasteiger partial charge >= 0.3 is 11.9 Å². The van der Waals surface area contributed by atoms with E-state index in [-0.39, 0.29) is 30.7 Å². The zero-order valence-electron chi connectivity index (χ0n) is 30.7. The van der Waals surface area contributed by atoms with Crippen LogP contribution < -0.4 is 19.5 Å². The number of nitrogens with one attached hydrogen (secondary N) is 1. The normalized spacial score (nSPS) is 15.5. The van der Waals surface area contributed by atoms with Crippen LogP contribution in [0, 0.1) is 24.2 Å². The second-order valence-corrected chi connectivity index (χ2v) is 14.5. The van der Waals surface area contributed by atoms with Crippen molar-refractivity contribution in [3.63, 3.8) is 0 Å². The summed E-state index contributed by atoms with van der Waals surface area (Å²) in [4.78, 5) is 29.5. The molecule has 2 atom stereocenters. The Balaban J connectivity index is 1.29. The maximum absolute atomic E-state index is 11.8. The highest BCUT2D eigenvalue weighted by Gasteiger charge is 2.32. The van der Waals surface area contributed by atoms with Gasteiger partial charge in [-0.05, 0) is 74.5 Å². The van der Waals surface area contributed by atoms with E-state index in [1.165, 1.54) is 13.1 Å². The van der Waals surface area contributed by atoms with E-state index in [1.54, 1.807) is 24.4 Å². The molecule has 1 aliphatic heterocycles. The average Bonchev–Trinajstić information content (AvgIpc) is 3.19. The molecule has 0 amide bonds. The van der Waals surface area contributed by atoms with Crippen LogP contribution in [0.2, 0.25) is 10.0 Å². The molecule has 12 nitrogen and oxygen atoms in total. The van der Waals surface area contributed by atoms with Gasteiger partial charge in [-0.25, -0.2) is 0 Å². The monoisotopic (exact) mass is 790 g/mol. The summed E-state index contributed by atoms with van der Waals surface area (Å²) in [5.74, 6) is -1.03. The Labute approximate surface area is 330 Å². The van der Waals surface area contributed by atoms with Gasteiger partial charge in [0.1, 0.15) is 42.1 Å². The highest BCUT2D eigenvalue weighted by molar-refractivity contribution is 6.35. The molecule has 0 saturated carbocycles. The van der Waals surface area contributed by atoms with Crippen molar-refractivity contribution in [2.75, 3.05) is 32.8 Å². The predicted molar refractivity (Wildman–Crippen MR) is 208 cm³/mol. The number of benzene rings is 3. The van der Waals surface area contributed by atoms with E-state index in [0.717, 1.165) is 54.6 Å². The first-order valence-corrected chi connectivity index (χ1v) is 18.6. The van der Waals surface area contributed by atoms with Crippen molar-refractivity contribution in [3.05, 3.63) is 105 Å². The molecule has 1 fully saturated rings. The first kappa shape index (κ1) is 41.3. The molecule has 1 aliphatic rings. The number of aliphatic carboxylic acids is 2. The lowest BCUT2D eigenvalue weighted by atomic mass is 9.96. The van der Waals surface area contributed by atoms with E-state index in [2.05, 4.69) is 21.3 Å². The number of aliphatic hydroxyl groups excluding tert-OH is 1. The molecular formula is C41H44Cl2N4O8. The topological polar surface area (TPSA) is 174 Å². The van der Waals surface area contributed by atoms with Crippen LogP contribution >= 0.6 is 23.2 Å². The Morgan fingerprint density at radius 2 is 1.76 bits per heavy atom. The second-order valence-electron chi connectivity index (χ2n) is 13.7. The summed E-state index contributed by atoms with van der Waals surface area (Å²) in [7, 11) is 0. The number of carbonyl (C=O) groups is 2. The average molecular weight is 792 g/mol. The summed E-state index contributed by atoms with van der Waals surface area (Å²) < 4.78 is 18.5. The summed E-state index contributed by atoms with van der Waals surface area (Å²) >= 11 is 13.6. The van der Waals surface area contributed by atoms with Crippen LogP contribution in [-0.2, 0) is 29.3 Å². The zero-order chi connectivity index (χ0) is 39.5. The quantitative estimate of drug-likeness (QED) is 0.0771. The van der Waals surface area contributed by atoms with E-state index < -0.39 is 24.1 Å². The largest absolute Gasteiger partial charge is 0.492 e. The lowest BCUT2D eigenvalue weighted by molar-refractivity contribution is -0.146. The fourth-order valence-corrected chi connectivity index (χ4v) is 6.81. The molecule has 2 heterocycles. The Bertz CT molecular complexity index is 2040. The summed E-state index contributed by atoms with van der Waals surface area (Å²) in [6, 6.07) is 18.5. The fourth-order valence-electron chi connectivity index (χ4n) is 6.29. The molecule has 14 heteroatoms. The van der Waals surface area contributed by atoms with Crippen LogP contribution in [-0.4, -0.2) is 75.5 Å². The van der Waals surface area contributed by atoms with Crippen molar-refractivity contribution in [2.45, 2.75) is 58.4 Å². The van der Waals surface area contributed by atoms with E-state index in [1.807, 2.05) is 43.3 Å². The van der Waals surface area contributed by atoms with Crippen LogP contribution in [0.5, 0.6) is 17.2 Å². The number of rotatable bonds is 18. The van der Waals surface area contributed by atoms with Crippen molar-refractivity contribution >= 4 is 35.1 Å². The SMILES string of the molecule is Cc1c(COc2cc(OCc3cncc(C#N)c3)c(CN[C@](C)(CO)C(=O)O)cc2Cl)cccc1-c1cccc(OCCCN2CCC[C@H](C(=O)O)C2)c1Cl. The molecule has 0 radical (unpaired) electrons. The number of ether oxygens (including phenoxy) is 3. The lowest BCUT2D eigenvalue weighted by Gasteiger charge is -2.30. The predicted octanol–water partition coefficient (Wildman–Crippen LogP) is 6.88. The van der Waals surface area contributed by atoms with Crippen LogP contribution in [0.25, 0.3) is 11.1 Å². The highest BCUT2D eigenvalue weighted by atomic mass is 35.5. The van der Waals surface area contributed by atoms with Crippen molar-refractivity contribution in [1.82, 2.24) is 15.2 Å². The van der Waals surface area contributed by atoms with E-state index >= 15 is 0 Å². The number of hydrogen-bond donors (Lipinski definition) is 4. The summed E-state index contributed by atoms with van der Waals surface area (Å²) in [5, 5.41) is 41.7. The van der Waals surface area contributed by atoms with Gasteiger partial charge in [-0.3, -0.25) is 19.9 Å². The maximum atomic E-state index is 11.8. The molecule has 1 saturated heterocycles. The van der Waals surface area contributed by atoms with Crippen LogP contribution in [0.3, 0.4) is 0 Å². The molecule has 0 bridgehead atoms. The van der Waals surface area contributed by atoms with Gasteiger partial charge in [0.15, 0.2) is 0 Å². The number of aromatic nitrogens is 1. The molecule has 1 aromatic heterocycles. The third kappa shape index (κ3) is 10.7. The van der Waals surface area contributed by atoms with Gasteiger partial charge in [0.25, 0.3) is 0 Å². The Hall–Kier alpha value is -4.90. The minimum absolute atomic E-state index is 0.00548. The molecule has 0 unspecified atom stereocenters. The number of aliphatic hydroxyl groups is 1. The van der Waals surface area contributed by atoms with Crippen molar-refractivity contribution in [2.24, 2.45) is 5.92 Å². The lowest BCUT2D eigenvalue weighted by Crippen LogP contribution is -2.52. The van der Waals surface area contributed by atoms with Crippen LogP contribution in [0.1, 0.15) is 54.0 Å². The smallest absolute Gasteiger partial charge is 0.326 e. The molecule has 5 rings (SSSR count). The number of likely N-dealkylation sites (tertiary alicyclic amines) is 1. The molecule has 3 aromatic carbocycles. The fraction of sp³-hybridized carbons (Fsp3) is 0.366. The molecule has 55 heavy (non-hydrogen) atoms. The van der Waals surface area contributed by atoms with Crippen molar-refractivity contribution in [3.8, 4) is 34.4 Å². The number of piperidine rings is 1. The molecule has 0 aliphatic carbocycles. The van der Waals surface area contributed by atoms with E-state index in [0.29, 0.717) is 52.1 Å². The van der Waals surface area contributed by atoms with Crippen molar-refractivity contribution < 1.29 is 39.1 Å². The number of nitrogens with zero attached hydrogens (tertiary/aromatic N) is 3. The van der Waals surface area contributed by atoms with Gasteiger partial charge in [-0.15, -0.1) is 0 Å². The Morgan fingerprint density at radius 3 is 2.51 bits per heavy atom. The first-order valence-electron chi connectivity index (χ1n) is 17.9. The Kier molecular flexibility index (Phi) is 14.3. The standard InChI is InChI=1S/C41H44Cl2N4O8/c1-26-30(7-3-9-32(26)33-10-4-11-35(38(33)43)53-14-6-13-47-12-5-8-29(22-47)39(49)50)24-55-37-17-36(54-23-28-15-27(18-44)19-45-20-28)31(16-34(37)42)21-46-41(2,25-48)40(51)52/h3-4,7,9-11,15-17,19-20,29,46,48H,5-6,8,12-14,21-25H2,1-2H3,(H,49,50)(H,51,52)/t29-,41+/m0/s1. The molecule has 0 spiro atoms. The third-order valence-electron chi connectivity index (χ3n) is 9.70. The Morgan fingerprint density at radius 1 is 1.00 bits per heavy atom. The third-order valence-corrected chi connectivity index (χ3v) is 10.4. The highest BCUT2D eigenvalue weighted by Crippen LogP contribution is 2.39. The van der Waals surface area contributed by atoms with Crippen LogP contribution in [0.4, 0.5) is 0 Å². The summed E-state index contributed by atoms with van der Waals surface area (Å²) in [6.07, 6.45) is 5.36. The van der Waals surface area contributed by atoms with Gasteiger partial charge in [-0.2, -0.15) is 5.26 Å². The van der Waals surface area contributed by atoms with Gasteiger partial charge in [0, 0.05) is 54.8 Å². The maximum Gasteiger partial charge on any atom is 0.326 e. The van der Waals surface area contributed by atoms with Gasteiger partial charge in [0.2, 0.25) is 0 Å². The minimum atomic E-state index is -1.61. The van der Waals surface area contributed by atoms with E-state index in [4.69, 9.17) is 37.4 Å². The summed E-state index contributed by atoms with van der Waals surface area (Å²) in [6.45, 7) is 5.57. The minimum Gasteiger partial charge on any atom is -0.492 e. The number of carboxylic acids is 2. The molecule has 290 valence electrons. The number of nitriles is 1. The number of halogens is 2. The van der Waals surface area contributed by atoms with E-state index in [9.17, 15) is 30.2 Å². The van der Waals surface area contributed by atoms with Gasteiger partial charge in [0.05, 0.1) is 34.7 Å². The molecule has 4 aromatic rings. The van der Waals surface area contributed by atoms with Crippen molar-refractivity contribution in [1.29, 1.82) is 5.26 Å². The summed E-state index contributed by atoms with van der Waals surface area (Å²) in [5.41, 5.74) is 3.47. The second kappa shape index (κ2) is 19.1. The van der Waals surface area contributed by atoms with Gasteiger partial charge in [-0.1, -0.05) is 53.5 Å². The number of hydrogen-bond acceptors (Lipinski definition) is 10. The number of pyridine rings is 1. The van der Waals surface area contributed by atoms with Crippen LogP contribution in [0.15, 0.2) is 67.0 Å². The zero-order valence-corrected chi connectivity index (χ0v) is 32.2. The van der Waals surface area contributed by atoms with Gasteiger partial charge < -0.3 is 34.4 Å². The molecular weight excluding hydrogens is 747 g/mol.